The van der Waals surface area contributed by atoms with Gasteiger partial charge in [-0.05, 0) is 0 Å². The lowest BCUT2D eigenvalue weighted by molar-refractivity contribution is -0.878. The Kier molecular flexibility index (Phi) is 10.3. The summed E-state index contributed by atoms with van der Waals surface area (Å²) in [5.74, 6) is 0.786. The van der Waals surface area contributed by atoms with Crippen LogP contribution in [0, 0.1) is 0 Å². The van der Waals surface area contributed by atoms with Crippen LogP contribution in [0.15, 0.2) is 0 Å². The maximum Gasteiger partial charge on any atom is 0.119 e. The monoisotopic (exact) mass is 363 g/mol. The van der Waals surface area contributed by atoms with Gasteiger partial charge in [0, 0.05) is 0 Å². The molecular formula is C11H27ClINSi. The van der Waals surface area contributed by atoms with E-state index in [2.05, 4.69) is 34.9 Å². The van der Waals surface area contributed by atoms with Gasteiger partial charge in [-0.15, -0.1) is 11.6 Å². The number of alkyl halides is 1. The molecule has 0 aliphatic rings. The highest BCUT2D eigenvalue weighted by Gasteiger charge is 2.34. The Morgan fingerprint density at radius 2 is 1.40 bits per heavy atom. The Labute approximate surface area is 119 Å². The van der Waals surface area contributed by atoms with Crippen molar-refractivity contribution in [3.05, 3.63) is 0 Å². The van der Waals surface area contributed by atoms with Crippen LogP contribution in [0.3, 0.4) is 0 Å². The lowest BCUT2D eigenvalue weighted by atomic mass is 10.6. The first kappa shape index (κ1) is 18.6. The smallest absolute Gasteiger partial charge is 0.119 e. The lowest BCUT2D eigenvalue weighted by Gasteiger charge is -2.38. The molecule has 0 aliphatic carbocycles. The van der Waals surface area contributed by atoms with Crippen molar-refractivity contribution >= 4 is 19.7 Å². The van der Waals surface area contributed by atoms with E-state index in [1.54, 1.807) is 0 Å². The lowest BCUT2D eigenvalue weighted by Crippen LogP contribution is -3.00. The van der Waals surface area contributed by atoms with Crippen molar-refractivity contribution in [2.45, 2.75) is 38.9 Å². The van der Waals surface area contributed by atoms with Crippen LogP contribution in [0.4, 0.5) is 0 Å². The molecule has 1 nitrogen and oxygen atoms in total. The number of quaternary nitrogens is 1. The third-order valence-electron chi connectivity index (χ3n) is 3.70. The van der Waals surface area contributed by atoms with Gasteiger partial charge in [-0.1, -0.05) is 38.9 Å². The number of halogens is 2. The number of rotatable bonds is 7. The van der Waals surface area contributed by atoms with E-state index in [4.69, 9.17) is 11.6 Å². The largest absolute Gasteiger partial charge is 1.00 e. The van der Waals surface area contributed by atoms with Crippen LogP contribution in [0.5, 0.6) is 0 Å². The predicted molar refractivity (Wildman–Crippen MR) is 69.8 cm³/mol. The molecule has 0 aromatic carbocycles. The second-order valence-electron chi connectivity index (χ2n) is 5.07. The number of nitrogens with zero attached hydrogens (tertiary/aromatic N) is 1. The van der Waals surface area contributed by atoms with Gasteiger partial charge >= 0.3 is 0 Å². The van der Waals surface area contributed by atoms with Crippen molar-refractivity contribution in [1.29, 1.82) is 0 Å². The molecule has 0 aliphatic heterocycles. The molecule has 0 radical (unpaired) electrons. The fraction of sp³-hybridized carbons (Fsp3) is 1.00. The number of hydrogen-bond acceptors (Lipinski definition) is 0. The van der Waals surface area contributed by atoms with Gasteiger partial charge < -0.3 is 28.5 Å². The summed E-state index contributed by atoms with van der Waals surface area (Å²) in [4.78, 5) is 0. The standard InChI is InChI=1S/C11H27ClNSi.HI/c1-6-14(7-2,8-3)11-13(4,5)10-9-12;/h6-11H2,1-5H3;1H/q+1;/p-1. The van der Waals surface area contributed by atoms with E-state index in [1.807, 2.05) is 0 Å². The summed E-state index contributed by atoms with van der Waals surface area (Å²) in [7, 11) is 3.67. The fourth-order valence-electron chi connectivity index (χ4n) is 2.30. The third kappa shape index (κ3) is 6.49. The van der Waals surface area contributed by atoms with Crippen LogP contribution in [0.1, 0.15) is 20.8 Å². The minimum Gasteiger partial charge on any atom is -1.00 e. The predicted octanol–water partition coefficient (Wildman–Crippen LogP) is 0.353. The van der Waals surface area contributed by atoms with Crippen LogP contribution in [-0.2, 0) is 0 Å². The van der Waals surface area contributed by atoms with Gasteiger partial charge in [0.25, 0.3) is 0 Å². The minimum absolute atomic E-state index is 0. The molecule has 0 aromatic heterocycles. The van der Waals surface area contributed by atoms with Crippen molar-refractivity contribution in [1.82, 2.24) is 0 Å². The van der Waals surface area contributed by atoms with Gasteiger partial charge in [0.15, 0.2) is 0 Å². The molecule has 0 atom stereocenters. The van der Waals surface area contributed by atoms with E-state index in [9.17, 15) is 0 Å². The molecule has 0 spiro atoms. The average Bonchev–Trinajstić information content (AvgIpc) is 2.14. The zero-order valence-electron chi connectivity index (χ0n) is 10.9. The molecule has 0 aromatic rings. The molecule has 0 bridgehead atoms. The van der Waals surface area contributed by atoms with Crippen molar-refractivity contribution < 1.29 is 28.5 Å². The summed E-state index contributed by atoms with van der Waals surface area (Å²) in [6.45, 7) is 8.23. The summed E-state index contributed by atoms with van der Waals surface area (Å²) < 4.78 is 1.12. The summed E-state index contributed by atoms with van der Waals surface area (Å²) in [5.41, 5.74) is 0. The average molecular weight is 364 g/mol. The molecule has 0 saturated heterocycles. The highest BCUT2D eigenvalue weighted by molar-refractivity contribution is 6.79. The fourth-order valence-corrected chi connectivity index (χ4v) is 6.90. The van der Waals surface area contributed by atoms with E-state index < -0.39 is 8.07 Å². The van der Waals surface area contributed by atoms with Crippen LogP contribution < -0.4 is 24.0 Å². The Morgan fingerprint density at radius 1 is 1.00 bits per heavy atom. The summed E-state index contributed by atoms with van der Waals surface area (Å²) in [5, 5.41) is 0. The first-order valence-corrected chi connectivity index (χ1v) is 9.19. The molecule has 0 rings (SSSR count). The zero-order chi connectivity index (χ0) is 11.2. The summed E-state index contributed by atoms with van der Waals surface area (Å²) >= 11 is 5.84. The van der Waals surface area contributed by atoms with Crippen LogP contribution >= 0.6 is 11.6 Å². The molecular weight excluding hydrogens is 337 g/mol. The Balaban J connectivity index is 0. The minimum atomic E-state index is -0.976. The van der Waals surface area contributed by atoms with Crippen molar-refractivity contribution in [2.75, 3.05) is 32.7 Å². The molecule has 0 unspecified atom stereocenters. The molecule has 0 heterocycles. The Morgan fingerprint density at radius 3 is 1.67 bits per heavy atom. The maximum absolute atomic E-state index is 5.84. The van der Waals surface area contributed by atoms with E-state index in [0.29, 0.717) is 0 Å². The first-order chi connectivity index (χ1) is 6.45. The molecule has 0 amide bonds. The van der Waals surface area contributed by atoms with Crippen molar-refractivity contribution in [3.63, 3.8) is 0 Å². The van der Waals surface area contributed by atoms with Crippen LogP contribution in [0.2, 0.25) is 18.1 Å². The molecule has 94 valence electrons. The van der Waals surface area contributed by atoms with E-state index in [1.165, 1.54) is 24.3 Å². The Hall–Kier alpha value is 1.20. The van der Waals surface area contributed by atoms with Gasteiger partial charge in [-0.3, -0.25) is 0 Å². The van der Waals surface area contributed by atoms with Gasteiger partial charge in [0.2, 0.25) is 0 Å². The SMILES string of the molecule is CC[Si](CC)(CC)C[N+](C)(C)CCCl.[I-]. The quantitative estimate of drug-likeness (QED) is 0.265. The first-order valence-electron chi connectivity index (χ1n) is 5.83. The van der Waals surface area contributed by atoms with Gasteiger partial charge in [-0.25, -0.2) is 0 Å². The highest BCUT2D eigenvalue weighted by atomic mass is 127. The van der Waals surface area contributed by atoms with Crippen molar-refractivity contribution in [2.24, 2.45) is 0 Å². The second kappa shape index (κ2) is 8.31. The van der Waals surface area contributed by atoms with Crippen molar-refractivity contribution in [3.8, 4) is 0 Å². The molecule has 15 heavy (non-hydrogen) atoms. The molecule has 0 fully saturated rings. The normalized spacial score (nSPS) is 12.4. The summed E-state index contributed by atoms with van der Waals surface area (Å²) in [6, 6.07) is 4.26. The number of hydrogen-bond donors (Lipinski definition) is 0. The van der Waals surface area contributed by atoms with Gasteiger partial charge in [0.05, 0.1) is 32.7 Å². The summed E-state index contributed by atoms with van der Waals surface area (Å²) in [6.07, 6.45) is 1.39. The molecule has 4 heteroatoms. The van der Waals surface area contributed by atoms with E-state index in [-0.39, 0.29) is 24.0 Å². The van der Waals surface area contributed by atoms with E-state index >= 15 is 0 Å². The topological polar surface area (TPSA) is 0 Å². The van der Waals surface area contributed by atoms with Crippen LogP contribution in [0.25, 0.3) is 0 Å². The van der Waals surface area contributed by atoms with Gasteiger partial charge in [-0.2, -0.15) is 0 Å². The van der Waals surface area contributed by atoms with E-state index in [0.717, 1.165) is 16.9 Å². The zero-order valence-corrected chi connectivity index (χ0v) is 14.9. The molecule has 0 N–H and O–H groups in total. The molecule has 0 saturated carbocycles. The third-order valence-corrected chi connectivity index (χ3v) is 9.90. The van der Waals surface area contributed by atoms with Gasteiger partial charge in [0.1, 0.15) is 8.07 Å². The van der Waals surface area contributed by atoms with Crippen LogP contribution in [-0.4, -0.2) is 45.2 Å². The second-order valence-corrected chi connectivity index (χ2v) is 10.9. The maximum atomic E-state index is 5.84. The highest BCUT2D eigenvalue weighted by Crippen LogP contribution is 2.23. The Bertz CT molecular complexity index is 152.